The average Bonchev–Trinajstić information content (AvgIpc) is 2.16. The summed E-state index contributed by atoms with van der Waals surface area (Å²) in [5.41, 5.74) is 6.95. The van der Waals surface area contributed by atoms with Gasteiger partial charge in [0.05, 0.1) is 0 Å². The van der Waals surface area contributed by atoms with Crippen molar-refractivity contribution < 1.29 is 0 Å². The predicted octanol–water partition coefficient (Wildman–Crippen LogP) is 2.94. The van der Waals surface area contributed by atoms with E-state index in [0.717, 1.165) is 10.8 Å². The zero-order valence-electron chi connectivity index (χ0n) is 8.49. The van der Waals surface area contributed by atoms with Crippen LogP contribution in [0.4, 0.5) is 5.82 Å². The van der Waals surface area contributed by atoms with E-state index in [-0.39, 0.29) is 0 Å². The van der Waals surface area contributed by atoms with Crippen molar-refractivity contribution in [2.45, 2.75) is 19.8 Å². The van der Waals surface area contributed by atoms with Gasteiger partial charge in [-0.25, -0.2) is 4.98 Å². The van der Waals surface area contributed by atoms with Gasteiger partial charge in [0, 0.05) is 11.6 Å². The fourth-order valence-corrected chi connectivity index (χ4v) is 1.54. The van der Waals surface area contributed by atoms with Gasteiger partial charge in [-0.05, 0) is 29.0 Å². The molecular formula is C12H14N2. The fraction of sp³-hybridized carbons (Fsp3) is 0.250. The van der Waals surface area contributed by atoms with Crippen molar-refractivity contribution >= 4 is 16.6 Å². The Kier molecular flexibility index (Phi) is 2.12. The van der Waals surface area contributed by atoms with Crippen LogP contribution in [0, 0.1) is 0 Å². The van der Waals surface area contributed by atoms with Crippen molar-refractivity contribution in [3.8, 4) is 0 Å². The second kappa shape index (κ2) is 3.29. The highest BCUT2D eigenvalue weighted by atomic mass is 14.8. The van der Waals surface area contributed by atoms with Crippen molar-refractivity contribution in [1.82, 2.24) is 4.98 Å². The summed E-state index contributed by atoms with van der Waals surface area (Å²) in [6, 6.07) is 8.32. The van der Waals surface area contributed by atoms with Gasteiger partial charge >= 0.3 is 0 Å². The largest absolute Gasteiger partial charge is 0.384 e. The van der Waals surface area contributed by atoms with E-state index in [1.165, 1.54) is 5.56 Å². The molecule has 0 fully saturated rings. The Bertz CT molecular complexity index is 461. The van der Waals surface area contributed by atoms with Gasteiger partial charge in [0.1, 0.15) is 5.82 Å². The molecular weight excluding hydrogens is 172 g/mol. The van der Waals surface area contributed by atoms with Crippen LogP contribution in [0.2, 0.25) is 0 Å². The molecule has 2 heteroatoms. The first kappa shape index (κ1) is 9.00. The molecule has 0 aliphatic rings. The normalized spacial score (nSPS) is 11.1. The van der Waals surface area contributed by atoms with Crippen molar-refractivity contribution in [2.24, 2.45) is 0 Å². The zero-order chi connectivity index (χ0) is 10.1. The van der Waals surface area contributed by atoms with E-state index in [2.05, 4.69) is 37.0 Å². The molecule has 2 rings (SSSR count). The number of aromatic nitrogens is 1. The van der Waals surface area contributed by atoms with E-state index in [4.69, 9.17) is 5.73 Å². The molecule has 0 bridgehead atoms. The van der Waals surface area contributed by atoms with E-state index in [0.29, 0.717) is 11.7 Å². The number of pyridine rings is 1. The highest BCUT2D eigenvalue weighted by Gasteiger charge is 2.00. The first-order valence-electron chi connectivity index (χ1n) is 4.82. The predicted molar refractivity (Wildman–Crippen MR) is 60.2 cm³/mol. The topological polar surface area (TPSA) is 38.9 Å². The Balaban J connectivity index is 2.62. The van der Waals surface area contributed by atoms with E-state index in [1.54, 1.807) is 0 Å². The van der Waals surface area contributed by atoms with E-state index < -0.39 is 0 Å². The summed E-state index contributed by atoms with van der Waals surface area (Å²) in [5, 5.41) is 2.31. The SMILES string of the molecule is CC(C)c1ccc2cc(N)ncc2c1. The molecule has 0 amide bonds. The molecule has 0 unspecified atom stereocenters. The lowest BCUT2D eigenvalue weighted by Crippen LogP contribution is -1.90. The molecule has 0 aliphatic carbocycles. The molecule has 2 N–H and O–H groups in total. The third-order valence-electron chi connectivity index (χ3n) is 2.43. The first-order chi connectivity index (χ1) is 6.66. The third kappa shape index (κ3) is 1.55. The summed E-state index contributed by atoms with van der Waals surface area (Å²) in [6.07, 6.45) is 1.83. The summed E-state index contributed by atoms with van der Waals surface area (Å²) in [5.74, 6) is 1.13. The van der Waals surface area contributed by atoms with Crippen LogP contribution in [0.15, 0.2) is 30.5 Å². The molecule has 2 aromatic rings. The molecule has 1 heterocycles. The zero-order valence-corrected chi connectivity index (χ0v) is 8.49. The van der Waals surface area contributed by atoms with E-state index in [9.17, 15) is 0 Å². The Morgan fingerprint density at radius 3 is 2.64 bits per heavy atom. The van der Waals surface area contributed by atoms with Crippen LogP contribution >= 0.6 is 0 Å². The van der Waals surface area contributed by atoms with Crippen LogP contribution in [0.3, 0.4) is 0 Å². The van der Waals surface area contributed by atoms with Crippen LogP contribution in [-0.4, -0.2) is 4.98 Å². The number of rotatable bonds is 1. The summed E-state index contributed by atoms with van der Waals surface area (Å²) in [6.45, 7) is 4.37. The standard InChI is InChI=1S/C12H14N2/c1-8(2)9-3-4-10-6-12(13)14-7-11(10)5-9/h3-8H,1-2H3,(H2,13,14). The van der Waals surface area contributed by atoms with Crippen LogP contribution < -0.4 is 5.73 Å². The molecule has 72 valence electrons. The number of fused-ring (bicyclic) bond motifs is 1. The van der Waals surface area contributed by atoms with Gasteiger partial charge in [0.2, 0.25) is 0 Å². The molecule has 0 saturated carbocycles. The first-order valence-corrected chi connectivity index (χ1v) is 4.82. The highest BCUT2D eigenvalue weighted by Crippen LogP contribution is 2.21. The van der Waals surface area contributed by atoms with Gasteiger partial charge in [-0.15, -0.1) is 0 Å². The molecule has 2 nitrogen and oxygen atoms in total. The van der Waals surface area contributed by atoms with Gasteiger partial charge in [0.15, 0.2) is 0 Å². The average molecular weight is 186 g/mol. The van der Waals surface area contributed by atoms with Crippen molar-refractivity contribution in [1.29, 1.82) is 0 Å². The second-order valence-corrected chi connectivity index (χ2v) is 3.87. The number of nitrogen functional groups attached to an aromatic ring is 1. The van der Waals surface area contributed by atoms with Gasteiger partial charge < -0.3 is 5.73 Å². The number of hydrogen-bond donors (Lipinski definition) is 1. The lowest BCUT2D eigenvalue weighted by Gasteiger charge is -2.06. The molecule has 0 radical (unpaired) electrons. The molecule has 0 aliphatic heterocycles. The number of nitrogens with zero attached hydrogens (tertiary/aromatic N) is 1. The highest BCUT2D eigenvalue weighted by molar-refractivity contribution is 5.84. The second-order valence-electron chi connectivity index (χ2n) is 3.87. The van der Waals surface area contributed by atoms with Crippen LogP contribution in [-0.2, 0) is 0 Å². The summed E-state index contributed by atoms with van der Waals surface area (Å²) in [4.78, 5) is 4.09. The van der Waals surface area contributed by atoms with Gasteiger partial charge in [-0.1, -0.05) is 26.0 Å². The van der Waals surface area contributed by atoms with Crippen LogP contribution in [0.5, 0.6) is 0 Å². The summed E-state index contributed by atoms with van der Waals surface area (Å²) in [7, 11) is 0. The number of hydrogen-bond acceptors (Lipinski definition) is 2. The van der Waals surface area contributed by atoms with E-state index >= 15 is 0 Å². The van der Waals surface area contributed by atoms with Crippen molar-refractivity contribution in [3.63, 3.8) is 0 Å². The van der Waals surface area contributed by atoms with Crippen molar-refractivity contribution in [3.05, 3.63) is 36.0 Å². The van der Waals surface area contributed by atoms with Gasteiger partial charge in [0.25, 0.3) is 0 Å². The Morgan fingerprint density at radius 1 is 1.14 bits per heavy atom. The number of nitrogens with two attached hydrogens (primary N) is 1. The Hall–Kier alpha value is -1.57. The molecule has 0 spiro atoms. The summed E-state index contributed by atoms with van der Waals surface area (Å²) >= 11 is 0. The summed E-state index contributed by atoms with van der Waals surface area (Å²) < 4.78 is 0. The fourth-order valence-electron chi connectivity index (χ4n) is 1.54. The maximum Gasteiger partial charge on any atom is 0.123 e. The maximum absolute atomic E-state index is 5.61. The lowest BCUT2D eigenvalue weighted by molar-refractivity contribution is 0.868. The minimum atomic E-state index is 0.553. The quantitative estimate of drug-likeness (QED) is 0.743. The van der Waals surface area contributed by atoms with E-state index in [1.807, 2.05) is 12.3 Å². The minimum Gasteiger partial charge on any atom is -0.384 e. The third-order valence-corrected chi connectivity index (χ3v) is 2.43. The smallest absolute Gasteiger partial charge is 0.123 e. The molecule has 1 aromatic carbocycles. The minimum absolute atomic E-state index is 0.553. The Morgan fingerprint density at radius 2 is 1.93 bits per heavy atom. The molecule has 14 heavy (non-hydrogen) atoms. The van der Waals surface area contributed by atoms with Gasteiger partial charge in [-0.3, -0.25) is 0 Å². The van der Waals surface area contributed by atoms with Crippen LogP contribution in [0.25, 0.3) is 10.8 Å². The van der Waals surface area contributed by atoms with Gasteiger partial charge in [-0.2, -0.15) is 0 Å². The number of benzene rings is 1. The molecule has 0 atom stereocenters. The molecule has 1 aromatic heterocycles. The van der Waals surface area contributed by atoms with Crippen molar-refractivity contribution in [2.75, 3.05) is 5.73 Å². The molecule has 0 saturated heterocycles. The number of anilines is 1. The lowest BCUT2D eigenvalue weighted by atomic mass is 10.0. The van der Waals surface area contributed by atoms with Crippen LogP contribution in [0.1, 0.15) is 25.3 Å². The maximum atomic E-state index is 5.61. The monoisotopic (exact) mass is 186 g/mol. The Labute approximate surface area is 83.8 Å².